The van der Waals surface area contributed by atoms with E-state index in [-0.39, 0.29) is 18.0 Å². The van der Waals surface area contributed by atoms with Crippen molar-refractivity contribution in [2.24, 2.45) is 0 Å². The van der Waals surface area contributed by atoms with E-state index in [2.05, 4.69) is 5.32 Å². The molecule has 3 nitrogen and oxygen atoms in total. The van der Waals surface area contributed by atoms with Gasteiger partial charge in [0.05, 0.1) is 25.9 Å². The van der Waals surface area contributed by atoms with Crippen LogP contribution in [0.3, 0.4) is 0 Å². The van der Waals surface area contributed by atoms with Crippen molar-refractivity contribution in [3.05, 3.63) is 35.6 Å². The lowest BCUT2D eigenvalue weighted by molar-refractivity contribution is -0.133. The summed E-state index contributed by atoms with van der Waals surface area (Å²) in [5, 5.41) is 3.24. The van der Waals surface area contributed by atoms with Crippen molar-refractivity contribution in [2.75, 3.05) is 26.4 Å². The number of rotatable bonds is 6. The predicted octanol–water partition coefficient (Wildman–Crippen LogP) is 1.89. The molecule has 1 N–H and O–H groups in total. The minimum Gasteiger partial charge on any atom is -0.376 e. The van der Waals surface area contributed by atoms with Crippen molar-refractivity contribution in [1.82, 2.24) is 5.32 Å². The Kier molecular flexibility index (Phi) is 4.48. The van der Waals surface area contributed by atoms with Crippen LogP contribution < -0.4 is 5.32 Å². The van der Waals surface area contributed by atoms with Gasteiger partial charge in [-0.1, -0.05) is 25.1 Å². The monoisotopic (exact) mass is 239 g/mol. The summed E-state index contributed by atoms with van der Waals surface area (Å²) in [5.41, 5.74) is 0.662. The van der Waals surface area contributed by atoms with Crippen LogP contribution in [0.5, 0.6) is 0 Å². The van der Waals surface area contributed by atoms with Crippen LogP contribution in [-0.4, -0.2) is 32.5 Å². The van der Waals surface area contributed by atoms with Gasteiger partial charge in [0.2, 0.25) is 0 Å². The van der Waals surface area contributed by atoms with E-state index in [1.54, 1.807) is 12.1 Å². The molecule has 0 bridgehead atoms. The first-order valence-corrected chi connectivity index (χ1v) is 5.98. The predicted molar refractivity (Wildman–Crippen MR) is 63.4 cm³/mol. The lowest BCUT2D eigenvalue weighted by Crippen LogP contribution is -2.38. The van der Waals surface area contributed by atoms with Crippen molar-refractivity contribution in [2.45, 2.75) is 19.1 Å². The minimum absolute atomic E-state index is 0.0956. The molecule has 1 aliphatic rings. The highest BCUT2D eigenvalue weighted by Gasteiger charge is 2.22. The second-order valence-corrected chi connectivity index (χ2v) is 4.12. The van der Waals surface area contributed by atoms with E-state index in [1.807, 2.05) is 13.0 Å². The maximum absolute atomic E-state index is 13.7. The van der Waals surface area contributed by atoms with Crippen LogP contribution in [0.25, 0.3) is 0 Å². The summed E-state index contributed by atoms with van der Waals surface area (Å²) in [6.45, 7) is 4.55. The maximum Gasteiger partial charge on any atom is 0.128 e. The standard InChI is InChI=1S/C13H18FNO2/c1-2-15-13(9-17-10-7-16-8-10)11-5-3-4-6-12(11)14/h3-6,10,13,15H,2,7-9H2,1H3. The van der Waals surface area contributed by atoms with Crippen molar-refractivity contribution >= 4 is 0 Å². The molecule has 1 aromatic rings. The van der Waals surface area contributed by atoms with Gasteiger partial charge >= 0.3 is 0 Å². The van der Waals surface area contributed by atoms with Crippen LogP contribution in [0.1, 0.15) is 18.5 Å². The molecule has 1 unspecified atom stereocenters. The van der Waals surface area contributed by atoms with Crippen LogP contribution >= 0.6 is 0 Å². The molecule has 1 aliphatic heterocycles. The molecule has 0 aliphatic carbocycles. The summed E-state index contributed by atoms with van der Waals surface area (Å²) in [7, 11) is 0. The fourth-order valence-corrected chi connectivity index (χ4v) is 1.81. The Bertz CT molecular complexity index is 355. The third-order valence-electron chi connectivity index (χ3n) is 2.84. The molecule has 1 aromatic carbocycles. The topological polar surface area (TPSA) is 30.5 Å². The van der Waals surface area contributed by atoms with E-state index in [0.717, 1.165) is 6.54 Å². The summed E-state index contributed by atoms with van der Waals surface area (Å²) in [6, 6.07) is 6.72. The fourth-order valence-electron chi connectivity index (χ4n) is 1.81. The molecule has 1 atom stereocenters. The Morgan fingerprint density at radius 3 is 2.82 bits per heavy atom. The number of nitrogens with one attached hydrogen (secondary N) is 1. The number of halogens is 1. The number of likely N-dealkylation sites (N-methyl/N-ethyl adjacent to an activating group) is 1. The van der Waals surface area contributed by atoms with Gasteiger partial charge in [0.15, 0.2) is 0 Å². The van der Waals surface area contributed by atoms with Gasteiger partial charge in [-0.2, -0.15) is 0 Å². The molecule has 0 radical (unpaired) electrons. The van der Waals surface area contributed by atoms with Crippen molar-refractivity contribution in [3.63, 3.8) is 0 Å². The Hall–Kier alpha value is -0.970. The van der Waals surface area contributed by atoms with E-state index >= 15 is 0 Å². The highest BCUT2D eigenvalue weighted by atomic mass is 19.1. The van der Waals surface area contributed by atoms with E-state index in [9.17, 15) is 4.39 Å². The van der Waals surface area contributed by atoms with Gasteiger partial charge in [-0.15, -0.1) is 0 Å². The van der Waals surface area contributed by atoms with Crippen molar-refractivity contribution < 1.29 is 13.9 Å². The highest BCUT2D eigenvalue weighted by molar-refractivity contribution is 5.21. The average Bonchev–Trinajstić information content (AvgIpc) is 2.26. The zero-order valence-corrected chi connectivity index (χ0v) is 9.99. The molecule has 4 heteroatoms. The zero-order valence-electron chi connectivity index (χ0n) is 9.99. The van der Waals surface area contributed by atoms with E-state index in [4.69, 9.17) is 9.47 Å². The molecule has 17 heavy (non-hydrogen) atoms. The molecular weight excluding hydrogens is 221 g/mol. The molecular formula is C13H18FNO2. The first-order chi connectivity index (χ1) is 8.31. The van der Waals surface area contributed by atoms with E-state index < -0.39 is 0 Å². The fraction of sp³-hybridized carbons (Fsp3) is 0.538. The zero-order chi connectivity index (χ0) is 12.1. The summed E-state index contributed by atoms with van der Waals surface area (Å²) in [5.74, 6) is -0.188. The molecule has 2 rings (SSSR count). The molecule has 0 aromatic heterocycles. The molecule has 1 heterocycles. The molecule has 0 amide bonds. The van der Waals surface area contributed by atoms with Gasteiger partial charge in [-0.05, 0) is 12.6 Å². The quantitative estimate of drug-likeness (QED) is 0.822. The second kappa shape index (κ2) is 6.10. The van der Waals surface area contributed by atoms with E-state index in [1.165, 1.54) is 6.07 Å². The number of benzene rings is 1. The number of hydrogen-bond donors (Lipinski definition) is 1. The largest absolute Gasteiger partial charge is 0.376 e. The maximum atomic E-state index is 13.7. The van der Waals surface area contributed by atoms with Crippen molar-refractivity contribution in [3.8, 4) is 0 Å². The molecule has 94 valence electrons. The van der Waals surface area contributed by atoms with E-state index in [0.29, 0.717) is 25.4 Å². The Morgan fingerprint density at radius 2 is 2.24 bits per heavy atom. The lowest BCUT2D eigenvalue weighted by atomic mass is 10.1. The normalized spacial score (nSPS) is 17.8. The van der Waals surface area contributed by atoms with Crippen molar-refractivity contribution in [1.29, 1.82) is 0 Å². The summed E-state index contributed by atoms with van der Waals surface area (Å²) in [4.78, 5) is 0. The number of hydrogen-bond acceptors (Lipinski definition) is 3. The van der Waals surface area contributed by atoms with Gasteiger partial charge in [-0.25, -0.2) is 4.39 Å². The average molecular weight is 239 g/mol. The minimum atomic E-state index is -0.188. The van der Waals surface area contributed by atoms with Gasteiger partial charge in [-0.3, -0.25) is 0 Å². The Labute approximate surface area is 101 Å². The molecule has 0 saturated carbocycles. The van der Waals surface area contributed by atoms with Gasteiger partial charge in [0.1, 0.15) is 11.9 Å². The summed E-state index contributed by atoms with van der Waals surface area (Å²) >= 11 is 0. The molecule has 1 saturated heterocycles. The van der Waals surface area contributed by atoms with Gasteiger partial charge in [0.25, 0.3) is 0 Å². The first-order valence-electron chi connectivity index (χ1n) is 5.98. The molecule has 0 spiro atoms. The van der Waals surface area contributed by atoms with Crippen LogP contribution in [0.4, 0.5) is 4.39 Å². The van der Waals surface area contributed by atoms with Gasteiger partial charge in [0, 0.05) is 5.56 Å². The van der Waals surface area contributed by atoms with Gasteiger partial charge < -0.3 is 14.8 Å². The number of ether oxygens (including phenoxy) is 2. The SMILES string of the molecule is CCNC(COC1COC1)c1ccccc1F. The van der Waals surface area contributed by atoms with Crippen LogP contribution in [0.2, 0.25) is 0 Å². The van der Waals surface area contributed by atoms with Crippen LogP contribution in [0.15, 0.2) is 24.3 Å². The molecule has 1 fully saturated rings. The lowest BCUT2D eigenvalue weighted by Gasteiger charge is -2.28. The van der Waals surface area contributed by atoms with Crippen LogP contribution in [0, 0.1) is 5.82 Å². The highest BCUT2D eigenvalue weighted by Crippen LogP contribution is 2.18. The second-order valence-electron chi connectivity index (χ2n) is 4.12. The first kappa shape index (κ1) is 12.5. The third-order valence-corrected chi connectivity index (χ3v) is 2.84. The Morgan fingerprint density at radius 1 is 1.47 bits per heavy atom. The smallest absolute Gasteiger partial charge is 0.128 e. The van der Waals surface area contributed by atoms with Crippen LogP contribution in [-0.2, 0) is 9.47 Å². The third kappa shape index (κ3) is 3.25. The summed E-state index contributed by atoms with van der Waals surface area (Å²) < 4.78 is 24.3. The summed E-state index contributed by atoms with van der Waals surface area (Å²) in [6.07, 6.45) is 0.169. The Balaban J connectivity index is 1.97.